The van der Waals surface area contributed by atoms with Crippen molar-refractivity contribution in [1.82, 2.24) is 15.5 Å². The molecule has 1 aromatic rings. The lowest BCUT2D eigenvalue weighted by atomic mass is 9.98. The van der Waals surface area contributed by atoms with Gasteiger partial charge in [-0.3, -0.25) is 0 Å². The first-order valence-electron chi connectivity index (χ1n) is 6.26. The Bertz CT molecular complexity index is 422. The van der Waals surface area contributed by atoms with Gasteiger partial charge >= 0.3 is 12.3 Å². The zero-order chi connectivity index (χ0) is 14.6. The minimum absolute atomic E-state index is 0.0867. The van der Waals surface area contributed by atoms with Crippen LogP contribution in [0.5, 0.6) is 0 Å². The summed E-state index contributed by atoms with van der Waals surface area (Å²) in [7, 11) is 0. The van der Waals surface area contributed by atoms with Gasteiger partial charge in [0, 0.05) is 5.92 Å². The minimum atomic E-state index is -4.17. The Morgan fingerprint density at radius 2 is 2.05 bits per heavy atom. The highest BCUT2D eigenvalue weighted by Crippen LogP contribution is 2.25. The SMILES string of the molecule is FC(F)C(F)(F)COCc1noc(C2CCNCC2)n1. The standard InChI is InChI=1S/C11H15F4N3O2/c12-10(13)11(14,15)6-19-5-8-17-9(20-18-8)7-1-3-16-4-2-7/h7,10,16H,1-6H2. The van der Waals surface area contributed by atoms with Gasteiger partial charge in [0.15, 0.2) is 5.82 Å². The van der Waals surface area contributed by atoms with Crippen LogP contribution in [0.1, 0.15) is 30.5 Å². The molecule has 114 valence electrons. The molecule has 0 aliphatic carbocycles. The Morgan fingerprint density at radius 3 is 2.70 bits per heavy atom. The van der Waals surface area contributed by atoms with Crippen LogP contribution < -0.4 is 5.32 Å². The fraction of sp³-hybridized carbons (Fsp3) is 0.818. The highest BCUT2D eigenvalue weighted by molar-refractivity contribution is 4.95. The Hall–Kier alpha value is -1.22. The van der Waals surface area contributed by atoms with Gasteiger partial charge in [-0.2, -0.15) is 13.8 Å². The van der Waals surface area contributed by atoms with Crippen LogP contribution in [0.25, 0.3) is 0 Å². The van der Waals surface area contributed by atoms with Crippen molar-refractivity contribution in [1.29, 1.82) is 0 Å². The fourth-order valence-corrected chi connectivity index (χ4v) is 1.90. The van der Waals surface area contributed by atoms with Crippen molar-refractivity contribution >= 4 is 0 Å². The second-order valence-corrected chi connectivity index (χ2v) is 4.63. The van der Waals surface area contributed by atoms with E-state index in [0.29, 0.717) is 5.89 Å². The van der Waals surface area contributed by atoms with Crippen LogP contribution in [0, 0.1) is 0 Å². The summed E-state index contributed by atoms with van der Waals surface area (Å²) in [6.07, 6.45) is -2.05. The van der Waals surface area contributed by atoms with E-state index < -0.39 is 19.0 Å². The topological polar surface area (TPSA) is 60.2 Å². The molecule has 0 saturated carbocycles. The molecule has 9 heteroatoms. The van der Waals surface area contributed by atoms with E-state index in [2.05, 4.69) is 20.2 Å². The van der Waals surface area contributed by atoms with Crippen LogP contribution in [0.15, 0.2) is 4.52 Å². The first kappa shape index (κ1) is 15.2. The lowest BCUT2D eigenvalue weighted by Gasteiger charge is -2.18. The molecule has 1 aliphatic rings. The van der Waals surface area contributed by atoms with Gasteiger partial charge in [0.25, 0.3) is 0 Å². The second kappa shape index (κ2) is 6.49. The third kappa shape index (κ3) is 3.89. The average molecular weight is 297 g/mol. The van der Waals surface area contributed by atoms with Gasteiger partial charge in [0.05, 0.1) is 0 Å². The van der Waals surface area contributed by atoms with E-state index in [-0.39, 0.29) is 18.3 Å². The van der Waals surface area contributed by atoms with Crippen LogP contribution >= 0.6 is 0 Å². The molecule has 1 saturated heterocycles. The van der Waals surface area contributed by atoms with Gasteiger partial charge in [-0.15, -0.1) is 0 Å². The summed E-state index contributed by atoms with van der Waals surface area (Å²) in [5, 5.41) is 6.78. The third-order valence-electron chi connectivity index (χ3n) is 3.02. The third-order valence-corrected chi connectivity index (χ3v) is 3.02. The molecule has 2 heterocycles. The van der Waals surface area contributed by atoms with Crippen LogP contribution in [-0.2, 0) is 11.3 Å². The molecular formula is C11H15F4N3O2. The van der Waals surface area contributed by atoms with E-state index in [1.807, 2.05) is 0 Å². The Morgan fingerprint density at radius 1 is 1.35 bits per heavy atom. The summed E-state index contributed by atoms with van der Waals surface area (Å²) in [4.78, 5) is 4.04. The van der Waals surface area contributed by atoms with Gasteiger partial charge in [0.2, 0.25) is 5.89 Å². The summed E-state index contributed by atoms with van der Waals surface area (Å²) in [6, 6.07) is 0. The number of alkyl halides is 4. The molecule has 1 aliphatic heterocycles. The number of nitrogens with one attached hydrogen (secondary N) is 1. The van der Waals surface area contributed by atoms with Crippen molar-refractivity contribution in [2.75, 3.05) is 19.7 Å². The lowest BCUT2D eigenvalue weighted by molar-refractivity contribution is -0.168. The van der Waals surface area contributed by atoms with E-state index in [1.165, 1.54) is 0 Å². The Balaban J connectivity index is 1.81. The number of piperidine rings is 1. The molecule has 20 heavy (non-hydrogen) atoms. The maximum Gasteiger partial charge on any atom is 0.330 e. The number of hydrogen-bond acceptors (Lipinski definition) is 5. The molecule has 0 bridgehead atoms. The van der Waals surface area contributed by atoms with Crippen LogP contribution in [0.2, 0.25) is 0 Å². The molecule has 0 aromatic carbocycles. The van der Waals surface area contributed by atoms with Crippen molar-refractivity contribution < 1.29 is 26.8 Å². The van der Waals surface area contributed by atoms with E-state index in [4.69, 9.17) is 4.52 Å². The molecule has 0 amide bonds. The van der Waals surface area contributed by atoms with Crippen molar-refractivity contribution in [2.24, 2.45) is 0 Å². The fourth-order valence-electron chi connectivity index (χ4n) is 1.90. The van der Waals surface area contributed by atoms with Crippen molar-refractivity contribution in [2.45, 2.75) is 37.7 Å². The summed E-state index contributed by atoms with van der Waals surface area (Å²) in [5.74, 6) is -3.50. The van der Waals surface area contributed by atoms with Gasteiger partial charge in [0.1, 0.15) is 13.2 Å². The van der Waals surface area contributed by atoms with E-state index >= 15 is 0 Å². The van der Waals surface area contributed by atoms with E-state index in [0.717, 1.165) is 25.9 Å². The average Bonchev–Trinajstić information content (AvgIpc) is 2.88. The molecule has 0 unspecified atom stereocenters. The summed E-state index contributed by atoms with van der Waals surface area (Å²) in [5.41, 5.74) is 0. The number of halogens is 4. The van der Waals surface area contributed by atoms with Crippen molar-refractivity contribution in [3.63, 3.8) is 0 Å². The minimum Gasteiger partial charge on any atom is -0.367 e. The maximum atomic E-state index is 12.6. The molecular weight excluding hydrogens is 282 g/mol. The molecule has 1 N–H and O–H groups in total. The number of aromatic nitrogens is 2. The number of rotatable bonds is 6. The van der Waals surface area contributed by atoms with Crippen LogP contribution in [0.4, 0.5) is 17.6 Å². The summed E-state index contributed by atoms with van der Waals surface area (Å²) >= 11 is 0. The predicted molar refractivity (Wildman–Crippen MR) is 59.7 cm³/mol. The highest BCUT2D eigenvalue weighted by atomic mass is 19.3. The van der Waals surface area contributed by atoms with Gasteiger partial charge < -0.3 is 14.6 Å². The first-order chi connectivity index (χ1) is 9.49. The molecule has 5 nitrogen and oxygen atoms in total. The molecule has 0 radical (unpaired) electrons. The summed E-state index contributed by atoms with van der Waals surface area (Å²) in [6.45, 7) is -0.0579. The summed E-state index contributed by atoms with van der Waals surface area (Å²) < 4.78 is 58.5. The number of nitrogens with zero attached hydrogens (tertiary/aromatic N) is 2. The second-order valence-electron chi connectivity index (χ2n) is 4.63. The van der Waals surface area contributed by atoms with Gasteiger partial charge in [-0.05, 0) is 25.9 Å². The quantitative estimate of drug-likeness (QED) is 0.813. The monoisotopic (exact) mass is 297 g/mol. The van der Waals surface area contributed by atoms with Crippen LogP contribution in [-0.4, -0.2) is 42.2 Å². The van der Waals surface area contributed by atoms with Crippen molar-refractivity contribution in [3.05, 3.63) is 11.7 Å². The number of ether oxygens (including phenoxy) is 1. The van der Waals surface area contributed by atoms with Crippen molar-refractivity contribution in [3.8, 4) is 0 Å². The molecule has 2 rings (SSSR count). The molecule has 0 atom stereocenters. The maximum absolute atomic E-state index is 12.6. The van der Waals surface area contributed by atoms with E-state index in [1.54, 1.807) is 0 Å². The molecule has 1 fully saturated rings. The zero-order valence-corrected chi connectivity index (χ0v) is 10.6. The predicted octanol–water partition coefficient (Wildman–Crippen LogP) is 1.95. The highest BCUT2D eigenvalue weighted by Gasteiger charge is 2.41. The Kier molecular flexibility index (Phi) is 4.92. The largest absolute Gasteiger partial charge is 0.367 e. The zero-order valence-electron chi connectivity index (χ0n) is 10.6. The smallest absolute Gasteiger partial charge is 0.330 e. The van der Waals surface area contributed by atoms with E-state index in [9.17, 15) is 17.6 Å². The van der Waals surface area contributed by atoms with Gasteiger partial charge in [-0.25, -0.2) is 8.78 Å². The Labute approximate surface area is 112 Å². The van der Waals surface area contributed by atoms with Gasteiger partial charge in [-0.1, -0.05) is 5.16 Å². The van der Waals surface area contributed by atoms with Crippen LogP contribution in [0.3, 0.4) is 0 Å². The lowest BCUT2D eigenvalue weighted by Crippen LogP contribution is -2.32. The molecule has 1 aromatic heterocycles. The first-order valence-corrected chi connectivity index (χ1v) is 6.26. The number of hydrogen-bond donors (Lipinski definition) is 1. The molecule has 0 spiro atoms. The normalized spacial score (nSPS) is 17.9.